The Kier molecular flexibility index (Phi) is 4.82. The van der Waals surface area contributed by atoms with Crippen molar-refractivity contribution in [1.82, 2.24) is 0 Å². The number of ketones is 1. The van der Waals surface area contributed by atoms with Gasteiger partial charge >= 0.3 is 5.97 Å². The molecule has 0 radical (unpaired) electrons. The summed E-state index contributed by atoms with van der Waals surface area (Å²) in [6.45, 7) is -0.227. The number of ether oxygens (including phenoxy) is 2. The van der Waals surface area contributed by atoms with Crippen molar-refractivity contribution in [1.29, 1.82) is 0 Å². The second-order valence-corrected chi connectivity index (χ2v) is 5.98. The van der Waals surface area contributed by atoms with Crippen molar-refractivity contribution in [2.45, 2.75) is 31.8 Å². The number of benzene rings is 2. The van der Waals surface area contributed by atoms with Crippen LogP contribution < -0.4 is 4.74 Å². The lowest BCUT2D eigenvalue weighted by molar-refractivity contribution is -0.158. The smallest absolute Gasteiger partial charge is 0.344 e. The Morgan fingerprint density at radius 1 is 1.13 bits per heavy atom. The van der Waals surface area contributed by atoms with E-state index in [1.165, 1.54) is 0 Å². The van der Waals surface area contributed by atoms with Gasteiger partial charge in [0.2, 0.25) is 0 Å². The van der Waals surface area contributed by atoms with E-state index in [0.717, 1.165) is 23.6 Å². The summed E-state index contributed by atoms with van der Waals surface area (Å²) < 4.78 is 10.8. The predicted octanol–water partition coefficient (Wildman–Crippen LogP) is 3.93. The molecule has 0 unspecified atom stereocenters. The Balaban J connectivity index is 1.65. The monoisotopic (exact) mass is 332 g/mol. The molecule has 120 valence electrons. The second kappa shape index (κ2) is 7.01. The molecule has 23 heavy (non-hydrogen) atoms. The molecule has 0 aliphatic heterocycles. The number of hydrogen-bond donors (Lipinski definition) is 0. The van der Waals surface area contributed by atoms with Crippen molar-refractivity contribution in [3.8, 4) is 5.75 Å². The van der Waals surface area contributed by atoms with Crippen LogP contribution in [0, 0.1) is 0 Å². The highest BCUT2D eigenvalue weighted by Gasteiger charge is 2.25. The Labute approximate surface area is 139 Å². The lowest BCUT2D eigenvalue weighted by atomic mass is 9.96. The number of carbonyl (C=O) groups excluding carboxylic acids is 2. The zero-order chi connectivity index (χ0) is 16.2. The highest BCUT2D eigenvalue weighted by molar-refractivity contribution is 6.35. The summed E-state index contributed by atoms with van der Waals surface area (Å²) in [5.41, 5.74) is 0. The van der Waals surface area contributed by atoms with Gasteiger partial charge in [-0.25, -0.2) is 4.79 Å². The summed E-state index contributed by atoms with van der Waals surface area (Å²) >= 11 is 6.15. The molecule has 1 fully saturated rings. The first-order valence-electron chi connectivity index (χ1n) is 7.67. The van der Waals surface area contributed by atoms with E-state index in [1.807, 2.05) is 24.3 Å². The van der Waals surface area contributed by atoms with Crippen molar-refractivity contribution in [3.05, 3.63) is 41.4 Å². The van der Waals surface area contributed by atoms with Crippen LogP contribution >= 0.6 is 11.6 Å². The van der Waals surface area contributed by atoms with E-state index in [9.17, 15) is 9.59 Å². The largest absolute Gasteiger partial charge is 0.481 e. The fraction of sp³-hybridized carbons (Fsp3) is 0.333. The maximum atomic E-state index is 11.9. The minimum absolute atomic E-state index is 0.00143. The maximum Gasteiger partial charge on any atom is 0.344 e. The van der Waals surface area contributed by atoms with Crippen LogP contribution in [0.3, 0.4) is 0 Å². The van der Waals surface area contributed by atoms with Crippen LogP contribution in [0.5, 0.6) is 5.75 Å². The summed E-state index contributed by atoms with van der Waals surface area (Å²) in [7, 11) is 0. The van der Waals surface area contributed by atoms with Crippen molar-refractivity contribution in [2.75, 3.05) is 6.61 Å². The van der Waals surface area contributed by atoms with Gasteiger partial charge in [-0.3, -0.25) is 4.79 Å². The fourth-order valence-electron chi connectivity index (χ4n) is 2.77. The van der Waals surface area contributed by atoms with Crippen LogP contribution in [-0.4, -0.2) is 24.5 Å². The first-order chi connectivity index (χ1) is 11.1. The average Bonchev–Trinajstić information content (AvgIpc) is 2.57. The molecule has 1 aliphatic carbocycles. The molecule has 0 amide bonds. The molecule has 0 bridgehead atoms. The van der Waals surface area contributed by atoms with Crippen molar-refractivity contribution in [2.24, 2.45) is 0 Å². The first-order valence-corrected chi connectivity index (χ1v) is 8.05. The number of hydrogen-bond acceptors (Lipinski definition) is 4. The van der Waals surface area contributed by atoms with Gasteiger partial charge in [-0.05, 0) is 31.4 Å². The summed E-state index contributed by atoms with van der Waals surface area (Å²) in [4.78, 5) is 23.6. The lowest BCUT2D eigenvalue weighted by Gasteiger charge is -2.20. The van der Waals surface area contributed by atoms with Gasteiger partial charge in [0.15, 0.2) is 18.5 Å². The molecule has 0 heterocycles. The van der Waals surface area contributed by atoms with Gasteiger partial charge in [-0.1, -0.05) is 35.9 Å². The second-order valence-electron chi connectivity index (χ2n) is 5.57. The van der Waals surface area contributed by atoms with E-state index >= 15 is 0 Å². The number of Topliss-reactive ketones (excluding diaryl/α,β-unsaturated/α-hetero) is 1. The van der Waals surface area contributed by atoms with Crippen LogP contribution in [0.4, 0.5) is 0 Å². The quantitative estimate of drug-likeness (QED) is 0.796. The number of rotatable bonds is 4. The fourth-order valence-corrected chi connectivity index (χ4v) is 2.99. The van der Waals surface area contributed by atoms with Crippen LogP contribution in [0.1, 0.15) is 25.7 Å². The highest BCUT2D eigenvalue weighted by atomic mass is 35.5. The average molecular weight is 333 g/mol. The zero-order valence-corrected chi connectivity index (χ0v) is 13.3. The highest BCUT2D eigenvalue weighted by Crippen LogP contribution is 2.31. The Hall–Kier alpha value is -2.07. The standard InChI is InChI=1S/C18H17ClO4/c19-14-9-10-16(13-6-2-1-5-12(13)14)22-11-18(21)23-17-8-4-3-7-15(17)20/h1-2,5-6,9-10,17H,3-4,7-8,11H2/t17-/m1/s1. The topological polar surface area (TPSA) is 52.6 Å². The van der Waals surface area contributed by atoms with Gasteiger partial charge in [-0.15, -0.1) is 0 Å². The van der Waals surface area contributed by atoms with Crippen molar-refractivity contribution in [3.63, 3.8) is 0 Å². The van der Waals surface area contributed by atoms with Crippen molar-refractivity contribution < 1.29 is 19.1 Å². The molecule has 0 aromatic heterocycles. The van der Waals surface area contributed by atoms with Crippen LogP contribution in [-0.2, 0) is 14.3 Å². The molecular weight excluding hydrogens is 316 g/mol. The molecule has 1 atom stereocenters. The third kappa shape index (κ3) is 3.64. The predicted molar refractivity (Wildman–Crippen MR) is 87.8 cm³/mol. The number of carbonyl (C=O) groups is 2. The third-order valence-electron chi connectivity index (χ3n) is 3.95. The number of fused-ring (bicyclic) bond motifs is 1. The zero-order valence-electron chi connectivity index (χ0n) is 12.6. The van der Waals surface area contributed by atoms with Gasteiger partial charge in [0.25, 0.3) is 0 Å². The van der Waals surface area contributed by atoms with E-state index in [4.69, 9.17) is 21.1 Å². The minimum atomic E-state index is -0.609. The van der Waals surface area contributed by atoms with Gasteiger partial charge in [-0.2, -0.15) is 0 Å². The van der Waals surface area contributed by atoms with E-state index in [2.05, 4.69) is 0 Å². The molecule has 0 N–H and O–H groups in total. The molecule has 1 saturated carbocycles. The maximum absolute atomic E-state index is 11.9. The van der Waals surface area contributed by atoms with Gasteiger partial charge in [0.05, 0.1) is 0 Å². The molecule has 0 saturated heterocycles. The Morgan fingerprint density at radius 3 is 2.70 bits per heavy atom. The minimum Gasteiger partial charge on any atom is -0.481 e. The van der Waals surface area contributed by atoms with Crippen LogP contribution in [0.25, 0.3) is 10.8 Å². The molecule has 3 rings (SSSR count). The van der Waals surface area contributed by atoms with E-state index in [-0.39, 0.29) is 12.4 Å². The SMILES string of the molecule is O=C(COc1ccc(Cl)c2ccccc12)O[C@@H]1CCCCC1=O. The van der Waals surface area contributed by atoms with Crippen LogP contribution in [0.15, 0.2) is 36.4 Å². The molecule has 0 spiro atoms. The normalized spacial score (nSPS) is 18.0. The molecule has 1 aliphatic rings. The molecule has 2 aromatic carbocycles. The summed E-state index contributed by atoms with van der Waals surface area (Å²) in [6, 6.07) is 11.0. The molecule has 5 heteroatoms. The van der Waals surface area contributed by atoms with Gasteiger partial charge in [0.1, 0.15) is 5.75 Å². The number of halogens is 1. The van der Waals surface area contributed by atoms with Gasteiger partial charge < -0.3 is 9.47 Å². The first kappa shape index (κ1) is 15.8. The molecule has 2 aromatic rings. The van der Waals surface area contributed by atoms with Gasteiger partial charge in [0, 0.05) is 22.2 Å². The van der Waals surface area contributed by atoms with E-state index < -0.39 is 12.1 Å². The number of esters is 1. The Bertz CT molecular complexity index is 741. The molecule has 4 nitrogen and oxygen atoms in total. The van der Waals surface area contributed by atoms with E-state index in [1.54, 1.807) is 12.1 Å². The van der Waals surface area contributed by atoms with Crippen LogP contribution in [0.2, 0.25) is 5.02 Å². The molecular formula is C18H17ClO4. The summed E-state index contributed by atoms with van der Waals surface area (Å²) in [5, 5.41) is 2.33. The summed E-state index contributed by atoms with van der Waals surface area (Å²) in [5.74, 6) is 0.0442. The lowest BCUT2D eigenvalue weighted by Crippen LogP contribution is -2.32. The summed E-state index contributed by atoms with van der Waals surface area (Å²) in [6.07, 6.45) is 2.27. The van der Waals surface area contributed by atoms with E-state index in [0.29, 0.717) is 23.6 Å². The Morgan fingerprint density at radius 2 is 1.91 bits per heavy atom. The van der Waals surface area contributed by atoms with Crippen molar-refractivity contribution >= 4 is 34.1 Å². The third-order valence-corrected chi connectivity index (χ3v) is 4.28.